The van der Waals surface area contributed by atoms with Gasteiger partial charge in [0.15, 0.2) is 5.69 Å². The smallest absolute Gasteiger partial charge is 0.191 e. The second-order valence-corrected chi connectivity index (χ2v) is 13.8. The van der Waals surface area contributed by atoms with Crippen LogP contribution in [-0.2, 0) is 14.1 Å². The number of para-hydroxylation sites is 4. The summed E-state index contributed by atoms with van der Waals surface area (Å²) in [5.74, 6) is 1.99. The first-order valence-electron chi connectivity index (χ1n) is 17.8. The second kappa shape index (κ2) is 10.9. The maximum atomic E-state index is 11.4. The number of fused-ring (bicyclic) bond motifs is 10. The molecule has 254 valence electrons. The van der Waals surface area contributed by atoms with Crippen molar-refractivity contribution in [3.63, 3.8) is 0 Å². The Bertz CT molecular complexity index is 3230. The molecule has 0 bridgehead atoms. The van der Waals surface area contributed by atoms with Crippen LogP contribution in [0.15, 0.2) is 146 Å². The number of rotatable bonds is 4. The topological polar surface area (TPSA) is 57.7 Å². The molecule has 8 heteroatoms. The lowest BCUT2D eigenvalue weighted by atomic mass is 10.1. The lowest BCUT2D eigenvalue weighted by molar-refractivity contribution is 0.860. The highest BCUT2D eigenvalue weighted by Gasteiger charge is 2.28. The van der Waals surface area contributed by atoms with E-state index in [9.17, 15) is 5.26 Å². The van der Waals surface area contributed by atoms with E-state index >= 15 is 0 Å². The molecule has 0 atom stereocenters. The van der Waals surface area contributed by atoms with Gasteiger partial charge in [-0.3, -0.25) is 18.3 Å². The number of hydrogen-bond donors (Lipinski definition) is 0. The summed E-state index contributed by atoms with van der Waals surface area (Å²) in [6.07, 6.45) is 4.10. The van der Waals surface area contributed by atoms with Gasteiger partial charge in [0.1, 0.15) is 29.0 Å². The Hall–Kier alpha value is -7.68. The third kappa shape index (κ3) is 3.78. The van der Waals surface area contributed by atoms with E-state index in [0.29, 0.717) is 22.6 Å². The fraction of sp³-hybridized carbons (Fsp3) is 0.0435. The zero-order chi connectivity index (χ0) is 36.2. The summed E-state index contributed by atoms with van der Waals surface area (Å²) >= 11 is 0. The largest absolute Gasteiger partial charge is 0.337 e. The third-order valence-electron chi connectivity index (χ3n) is 11.0. The molecule has 0 spiro atoms. The summed E-state index contributed by atoms with van der Waals surface area (Å²) in [6, 6.07) is 48.5. The van der Waals surface area contributed by atoms with Crippen LogP contribution in [0.1, 0.15) is 5.56 Å². The Labute approximate surface area is 309 Å². The zero-order valence-corrected chi connectivity index (χ0v) is 29.4. The van der Waals surface area contributed by atoms with Gasteiger partial charge in [0.2, 0.25) is 0 Å². The van der Waals surface area contributed by atoms with Crippen LogP contribution in [0.4, 0.5) is 5.69 Å². The Balaban J connectivity index is 1.36. The summed E-state index contributed by atoms with van der Waals surface area (Å²) in [4.78, 5) is 4.06. The summed E-state index contributed by atoms with van der Waals surface area (Å²) in [6.45, 7) is 8.42. The van der Waals surface area contributed by atoms with Gasteiger partial charge in [-0.2, -0.15) is 5.26 Å². The maximum absolute atomic E-state index is 11.4. The number of aryl methyl sites for hydroxylation is 2. The Morgan fingerprint density at radius 2 is 0.870 bits per heavy atom. The number of benzene rings is 5. The van der Waals surface area contributed by atoms with Crippen molar-refractivity contribution in [2.45, 2.75) is 0 Å². The van der Waals surface area contributed by atoms with Crippen LogP contribution in [-0.4, -0.2) is 27.4 Å². The van der Waals surface area contributed by atoms with Crippen LogP contribution in [0, 0.1) is 17.9 Å². The van der Waals surface area contributed by atoms with Crippen LogP contribution >= 0.6 is 0 Å². The molecular weight excluding hydrogens is 665 g/mol. The SMILES string of the molecule is [C-]#[N+]c1cc(-n2c3ccccc3c3c4ccccc4n(-c4cccn4C)c32)c(C#N)c(-n2c3ccccc3c3c4ccccc4n(-c4cccn4C)c32)c1. The molecule has 0 radical (unpaired) electrons. The number of aromatic nitrogens is 6. The van der Waals surface area contributed by atoms with Gasteiger partial charge >= 0.3 is 0 Å². The molecule has 6 heterocycles. The molecule has 5 aromatic carbocycles. The van der Waals surface area contributed by atoms with Crippen LogP contribution in [0.25, 0.3) is 93.5 Å². The van der Waals surface area contributed by atoms with Crippen LogP contribution in [0.3, 0.4) is 0 Å². The fourth-order valence-corrected chi connectivity index (χ4v) is 8.85. The van der Waals surface area contributed by atoms with Crippen LogP contribution < -0.4 is 0 Å². The van der Waals surface area contributed by atoms with Gasteiger partial charge in [-0.25, -0.2) is 4.85 Å². The summed E-state index contributed by atoms with van der Waals surface area (Å²) in [5.41, 5.74) is 8.13. The Morgan fingerprint density at radius 1 is 0.500 bits per heavy atom. The van der Waals surface area contributed by atoms with Crippen molar-refractivity contribution in [1.29, 1.82) is 5.26 Å². The summed E-state index contributed by atoms with van der Waals surface area (Å²) in [7, 11) is 4.10. The normalized spacial score (nSPS) is 11.9. The average Bonchev–Trinajstić information content (AvgIpc) is 4.05. The van der Waals surface area contributed by atoms with Gasteiger partial charge in [-0.15, -0.1) is 0 Å². The van der Waals surface area contributed by atoms with Gasteiger partial charge in [0, 0.05) is 58.8 Å². The Kier molecular flexibility index (Phi) is 6.06. The molecule has 0 unspecified atom stereocenters. The minimum Gasteiger partial charge on any atom is -0.337 e. The minimum atomic E-state index is 0.443. The number of nitrogens with zero attached hydrogens (tertiary/aromatic N) is 8. The fourth-order valence-electron chi connectivity index (χ4n) is 8.85. The number of nitriles is 1. The molecule has 0 fully saturated rings. The highest BCUT2D eigenvalue weighted by molar-refractivity contribution is 6.24. The van der Waals surface area contributed by atoms with E-state index in [1.54, 1.807) is 0 Å². The molecule has 6 aromatic heterocycles. The first-order chi connectivity index (χ1) is 26.6. The third-order valence-corrected chi connectivity index (χ3v) is 11.0. The van der Waals surface area contributed by atoms with Crippen LogP contribution in [0.2, 0.25) is 0 Å². The second-order valence-electron chi connectivity index (χ2n) is 13.8. The molecule has 0 saturated carbocycles. The Morgan fingerprint density at radius 3 is 1.20 bits per heavy atom. The van der Waals surface area contributed by atoms with E-state index in [1.807, 2.05) is 24.3 Å². The molecule has 0 amide bonds. The number of hydrogen-bond acceptors (Lipinski definition) is 1. The van der Waals surface area contributed by atoms with E-state index in [4.69, 9.17) is 6.57 Å². The molecule has 8 nitrogen and oxygen atoms in total. The molecule has 0 saturated heterocycles. The van der Waals surface area contributed by atoms with Crippen molar-refractivity contribution in [1.82, 2.24) is 27.4 Å². The predicted molar refractivity (Wildman–Crippen MR) is 218 cm³/mol. The molecule has 0 aliphatic rings. The lowest BCUT2D eigenvalue weighted by Gasteiger charge is -2.19. The first kappa shape index (κ1) is 30.0. The molecule has 0 N–H and O–H groups in total. The van der Waals surface area contributed by atoms with Gasteiger partial charge < -0.3 is 9.13 Å². The molecule has 11 aromatic rings. The standard InChI is InChI=1S/C46H30N8/c1-48-29-26-39(51-35-18-8-4-14-30(35)43-32-16-6-10-20-37(32)53(45(43)51)41-22-12-24-49(41)2)34(28-47)40(27-29)52-36-19-9-5-15-31(36)44-33-17-7-11-21-38(33)54(46(44)52)42-23-13-25-50(42)3/h4-27H,2-3H3. The lowest BCUT2D eigenvalue weighted by Crippen LogP contribution is -2.09. The van der Waals surface area contributed by atoms with Crippen molar-refractivity contribution in [3.8, 4) is 29.1 Å². The first-order valence-corrected chi connectivity index (χ1v) is 17.8. The van der Waals surface area contributed by atoms with Crippen molar-refractivity contribution < 1.29 is 0 Å². The van der Waals surface area contributed by atoms with E-state index in [2.05, 4.69) is 174 Å². The summed E-state index contributed by atoms with van der Waals surface area (Å²) in [5, 5.41) is 18.0. The molecule has 54 heavy (non-hydrogen) atoms. The van der Waals surface area contributed by atoms with Gasteiger partial charge in [-0.1, -0.05) is 72.8 Å². The van der Waals surface area contributed by atoms with E-state index in [-0.39, 0.29) is 0 Å². The molecular formula is C46H30N8. The molecule has 11 rings (SSSR count). The molecule has 0 aliphatic heterocycles. The highest BCUT2D eigenvalue weighted by atomic mass is 15.2. The minimum absolute atomic E-state index is 0.443. The van der Waals surface area contributed by atoms with Gasteiger partial charge in [-0.05, 0) is 60.7 Å². The van der Waals surface area contributed by atoms with Crippen molar-refractivity contribution in [2.75, 3.05) is 0 Å². The van der Waals surface area contributed by atoms with E-state index in [1.165, 1.54) is 0 Å². The van der Waals surface area contributed by atoms with Gasteiger partial charge in [0.25, 0.3) is 0 Å². The quantitative estimate of drug-likeness (QED) is 0.169. The zero-order valence-electron chi connectivity index (χ0n) is 29.4. The van der Waals surface area contributed by atoms with E-state index in [0.717, 1.165) is 77.3 Å². The van der Waals surface area contributed by atoms with Crippen molar-refractivity contribution in [2.24, 2.45) is 14.1 Å². The summed E-state index contributed by atoms with van der Waals surface area (Å²) < 4.78 is 13.2. The average molecular weight is 695 g/mol. The van der Waals surface area contributed by atoms with Crippen molar-refractivity contribution in [3.05, 3.63) is 163 Å². The molecule has 0 aliphatic carbocycles. The maximum Gasteiger partial charge on any atom is 0.191 e. The van der Waals surface area contributed by atoms with Crippen molar-refractivity contribution >= 4 is 71.4 Å². The predicted octanol–water partition coefficient (Wildman–Crippen LogP) is 10.9. The monoisotopic (exact) mass is 694 g/mol. The van der Waals surface area contributed by atoms with Crippen LogP contribution in [0.5, 0.6) is 0 Å². The highest BCUT2D eigenvalue weighted by Crippen LogP contribution is 2.45. The van der Waals surface area contributed by atoms with E-state index < -0.39 is 0 Å². The van der Waals surface area contributed by atoms with Gasteiger partial charge in [0.05, 0.1) is 45.6 Å².